The SMILES string of the molecule is CN1CCN(C(=O)c2c(N3CCN(C(=O)c4cccs4)CC3)c3ccccc3n(C)c2=O)CC1.N. The summed E-state index contributed by atoms with van der Waals surface area (Å²) in [5, 5.41) is 2.80. The summed E-state index contributed by atoms with van der Waals surface area (Å²) in [6, 6.07) is 11.5. The number of piperazine rings is 2. The summed E-state index contributed by atoms with van der Waals surface area (Å²) >= 11 is 1.45. The molecular weight excluding hydrogens is 464 g/mol. The van der Waals surface area contributed by atoms with E-state index in [1.807, 2.05) is 53.7 Å². The van der Waals surface area contributed by atoms with Crippen LogP contribution < -0.4 is 16.6 Å². The van der Waals surface area contributed by atoms with Crippen LogP contribution in [0.1, 0.15) is 20.0 Å². The fraction of sp³-hybridized carbons (Fsp3) is 0.400. The number of fused-ring (bicyclic) bond motifs is 1. The fourth-order valence-corrected chi connectivity index (χ4v) is 5.55. The number of pyridine rings is 1. The molecule has 0 unspecified atom stereocenters. The number of carbonyl (C=O) groups excluding carboxylic acids is 2. The number of hydrogen-bond donors (Lipinski definition) is 1. The highest BCUT2D eigenvalue weighted by Gasteiger charge is 2.32. The van der Waals surface area contributed by atoms with E-state index < -0.39 is 0 Å². The summed E-state index contributed by atoms with van der Waals surface area (Å²) in [6.07, 6.45) is 0. The maximum absolute atomic E-state index is 13.7. The standard InChI is InChI=1S/C25H29N5O3S.H3N/c1-26-9-11-30(12-10-26)25(33)21-22(18-6-3-4-7-19(18)27(2)24(21)32)28-13-15-29(16-14-28)23(31)20-8-5-17-34-20;/h3-8,17H,9-16H2,1-2H3;1H3. The molecule has 35 heavy (non-hydrogen) atoms. The van der Waals surface area contributed by atoms with Gasteiger partial charge in [0.15, 0.2) is 0 Å². The first-order valence-electron chi connectivity index (χ1n) is 11.6. The summed E-state index contributed by atoms with van der Waals surface area (Å²) < 4.78 is 1.58. The minimum absolute atomic E-state index is 0. The van der Waals surface area contributed by atoms with Gasteiger partial charge in [-0.05, 0) is 24.6 Å². The number of nitrogens with zero attached hydrogens (tertiary/aromatic N) is 5. The molecule has 2 aliphatic rings. The van der Waals surface area contributed by atoms with Crippen LogP contribution in [-0.4, -0.2) is 90.5 Å². The van der Waals surface area contributed by atoms with Crippen molar-refractivity contribution in [2.24, 2.45) is 7.05 Å². The molecule has 4 heterocycles. The van der Waals surface area contributed by atoms with E-state index in [4.69, 9.17) is 0 Å². The second kappa shape index (κ2) is 10.2. The van der Waals surface area contributed by atoms with Crippen molar-refractivity contribution in [3.05, 3.63) is 62.6 Å². The van der Waals surface area contributed by atoms with Crippen LogP contribution in [0.4, 0.5) is 5.69 Å². The van der Waals surface area contributed by atoms with Crippen LogP contribution in [-0.2, 0) is 7.05 Å². The predicted molar refractivity (Wildman–Crippen MR) is 140 cm³/mol. The Morgan fingerprint density at radius 3 is 2.09 bits per heavy atom. The third-order valence-corrected chi connectivity index (χ3v) is 7.75. The average molecular weight is 497 g/mol. The van der Waals surface area contributed by atoms with Gasteiger partial charge >= 0.3 is 0 Å². The number of aryl methyl sites for hydroxylation is 1. The lowest BCUT2D eigenvalue weighted by molar-refractivity contribution is 0.0660. The number of anilines is 1. The second-order valence-corrected chi connectivity index (χ2v) is 9.90. The van der Waals surface area contributed by atoms with Crippen LogP contribution in [0.5, 0.6) is 0 Å². The Morgan fingerprint density at radius 1 is 0.800 bits per heavy atom. The third kappa shape index (κ3) is 4.56. The van der Waals surface area contributed by atoms with Crippen LogP contribution in [0.25, 0.3) is 10.9 Å². The molecule has 5 rings (SSSR count). The van der Waals surface area contributed by atoms with Gasteiger partial charge in [0, 0.05) is 64.8 Å². The minimum atomic E-state index is -0.269. The lowest BCUT2D eigenvalue weighted by Crippen LogP contribution is -2.51. The van der Waals surface area contributed by atoms with Gasteiger partial charge in [-0.1, -0.05) is 24.3 Å². The lowest BCUT2D eigenvalue weighted by atomic mass is 10.0. The van der Waals surface area contributed by atoms with Gasteiger partial charge in [-0.15, -0.1) is 11.3 Å². The number of amides is 2. The molecule has 3 aromatic rings. The van der Waals surface area contributed by atoms with Crippen molar-refractivity contribution in [2.45, 2.75) is 0 Å². The largest absolute Gasteiger partial charge is 0.367 e. The maximum atomic E-state index is 13.7. The number of rotatable bonds is 3. The van der Waals surface area contributed by atoms with Gasteiger partial charge in [-0.3, -0.25) is 14.4 Å². The first-order valence-corrected chi connectivity index (χ1v) is 12.5. The summed E-state index contributed by atoms with van der Waals surface area (Å²) in [7, 11) is 3.77. The lowest BCUT2D eigenvalue weighted by Gasteiger charge is -2.38. The number of likely N-dealkylation sites (N-methyl/N-ethyl adjacent to an activating group) is 1. The number of thiophene rings is 1. The van der Waals surface area contributed by atoms with Crippen molar-refractivity contribution >= 4 is 39.7 Å². The zero-order valence-electron chi connectivity index (χ0n) is 20.3. The molecule has 2 amide bonds. The number of aromatic nitrogens is 1. The molecule has 10 heteroatoms. The van der Waals surface area contributed by atoms with E-state index >= 15 is 0 Å². The summed E-state index contributed by atoms with van der Waals surface area (Å²) in [5.74, 6) is -0.163. The molecule has 1 aromatic carbocycles. The molecule has 0 atom stereocenters. The van der Waals surface area contributed by atoms with Crippen molar-refractivity contribution in [1.82, 2.24) is 25.4 Å². The Morgan fingerprint density at radius 2 is 1.43 bits per heavy atom. The summed E-state index contributed by atoms with van der Waals surface area (Å²) in [4.78, 5) is 48.8. The Bertz CT molecular complexity index is 1270. The smallest absolute Gasteiger partial charge is 0.265 e. The summed E-state index contributed by atoms with van der Waals surface area (Å²) in [5.41, 5.74) is 1.47. The van der Waals surface area contributed by atoms with Crippen LogP contribution >= 0.6 is 11.3 Å². The van der Waals surface area contributed by atoms with Gasteiger partial charge < -0.3 is 30.3 Å². The zero-order chi connectivity index (χ0) is 23.8. The Balaban J connectivity index is 0.00000289. The number of benzene rings is 1. The quantitative estimate of drug-likeness (QED) is 0.596. The van der Waals surface area contributed by atoms with E-state index in [0.29, 0.717) is 45.0 Å². The van der Waals surface area contributed by atoms with Crippen molar-refractivity contribution in [1.29, 1.82) is 0 Å². The number of hydrogen-bond acceptors (Lipinski definition) is 7. The summed E-state index contributed by atoms with van der Waals surface area (Å²) in [6.45, 7) is 5.01. The predicted octanol–water partition coefficient (Wildman–Crippen LogP) is 2.11. The van der Waals surface area contributed by atoms with Gasteiger partial charge in [0.2, 0.25) is 0 Å². The molecule has 0 spiro atoms. The first-order chi connectivity index (χ1) is 16.5. The molecule has 2 fully saturated rings. The Hall–Kier alpha value is -3.21. The van der Waals surface area contributed by atoms with E-state index in [1.54, 1.807) is 16.5 Å². The third-order valence-electron chi connectivity index (χ3n) is 6.90. The minimum Gasteiger partial charge on any atom is -0.367 e. The van der Waals surface area contributed by atoms with Gasteiger partial charge in [0.05, 0.1) is 16.1 Å². The Labute approximate surface area is 208 Å². The highest BCUT2D eigenvalue weighted by molar-refractivity contribution is 7.12. The van der Waals surface area contributed by atoms with Crippen LogP contribution in [0, 0.1) is 0 Å². The molecule has 2 aliphatic heterocycles. The van der Waals surface area contributed by atoms with Crippen molar-refractivity contribution in [3.8, 4) is 0 Å². The topological polar surface area (TPSA) is 104 Å². The molecule has 0 radical (unpaired) electrons. The monoisotopic (exact) mass is 496 g/mol. The second-order valence-electron chi connectivity index (χ2n) is 8.96. The van der Waals surface area contributed by atoms with E-state index in [-0.39, 0.29) is 29.1 Å². The number of para-hydroxylation sites is 1. The van der Waals surface area contributed by atoms with Crippen LogP contribution in [0.15, 0.2) is 46.6 Å². The normalized spacial score (nSPS) is 16.9. The van der Waals surface area contributed by atoms with Crippen molar-refractivity contribution in [2.75, 3.05) is 64.3 Å². The first kappa shape index (κ1) is 24.9. The fourth-order valence-electron chi connectivity index (χ4n) is 4.86. The molecule has 0 bridgehead atoms. The highest BCUT2D eigenvalue weighted by Crippen LogP contribution is 2.31. The molecule has 0 aliphatic carbocycles. The highest BCUT2D eigenvalue weighted by atomic mass is 32.1. The van der Waals surface area contributed by atoms with E-state index in [0.717, 1.165) is 28.9 Å². The van der Waals surface area contributed by atoms with Crippen molar-refractivity contribution in [3.63, 3.8) is 0 Å². The molecule has 2 saturated heterocycles. The van der Waals surface area contributed by atoms with Crippen LogP contribution in [0.3, 0.4) is 0 Å². The van der Waals surface area contributed by atoms with Crippen molar-refractivity contribution < 1.29 is 9.59 Å². The maximum Gasteiger partial charge on any atom is 0.265 e. The van der Waals surface area contributed by atoms with E-state index in [9.17, 15) is 14.4 Å². The van der Waals surface area contributed by atoms with Gasteiger partial charge in [0.1, 0.15) is 5.56 Å². The Kier molecular flexibility index (Phi) is 7.25. The molecule has 9 nitrogen and oxygen atoms in total. The van der Waals surface area contributed by atoms with E-state index in [1.165, 1.54) is 11.3 Å². The molecule has 3 N–H and O–H groups in total. The van der Waals surface area contributed by atoms with Gasteiger partial charge in [-0.2, -0.15) is 0 Å². The molecule has 186 valence electrons. The van der Waals surface area contributed by atoms with E-state index in [2.05, 4.69) is 9.80 Å². The zero-order valence-corrected chi connectivity index (χ0v) is 21.1. The van der Waals surface area contributed by atoms with Gasteiger partial charge in [-0.25, -0.2) is 0 Å². The molecular formula is C25H32N6O3S. The molecule has 2 aromatic heterocycles. The van der Waals surface area contributed by atoms with Gasteiger partial charge in [0.25, 0.3) is 17.4 Å². The molecule has 0 saturated carbocycles. The average Bonchev–Trinajstić information content (AvgIpc) is 3.41. The van der Waals surface area contributed by atoms with Crippen LogP contribution in [0.2, 0.25) is 0 Å². The number of carbonyl (C=O) groups is 2.